The summed E-state index contributed by atoms with van der Waals surface area (Å²) in [6, 6.07) is 16.9. The van der Waals surface area contributed by atoms with Crippen molar-refractivity contribution in [3.63, 3.8) is 0 Å². The summed E-state index contributed by atoms with van der Waals surface area (Å²) in [7, 11) is -3.76. The fourth-order valence-corrected chi connectivity index (χ4v) is 4.75. The SMILES string of the molecule is CCN(Cc1cccs1)C(=O)/C=C/c1ccc(S(=O)(=O)Nc2ccccc2Cl)cc1. The molecule has 1 amide bonds. The molecule has 30 heavy (non-hydrogen) atoms. The molecule has 0 aliphatic carbocycles. The predicted octanol–water partition coefficient (Wildman–Crippen LogP) is 5.26. The first-order valence-electron chi connectivity index (χ1n) is 9.26. The number of carbonyl (C=O) groups is 1. The van der Waals surface area contributed by atoms with Crippen LogP contribution in [0.1, 0.15) is 17.4 Å². The van der Waals surface area contributed by atoms with Crippen LogP contribution in [0.25, 0.3) is 6.08 Å². The van der Waals surface area contributed by atoms with Crippen molar-refractivity contribution in [3.8, 4) is 0 Å². The van der Waals surface area contributed by atoms with Gasteiger partial charge < -0.3 is 4.90 Å². The monoisotopic (exact) mass is 460 g/mol. The summed E-state index contributed by atoms with van der Waals surface area (Å²) in [5.74, 6) is -0.0945. The highest BCUT2D eigenvalue weighted by molar-refractivity contribution is 7.92. The van der Waals surface area contributed by atoms with Crippen molar-refractivity contribution < 1.29 is 13.2 Å². The van der Waals surface area contributed by atoms with Gasteiger partial charge in [0.2, 0.25) is 5.91 Å². The lowest BCUT2D eigenvalue weighted by molar-refractivity contribution is -0.126. The van der Waals surface area contributed by atoms with Gasteiger partial charge in [0, 0.05) is 17.5 Å². The van der Waals surface area contributed by atoms with E-state index >= 15 is 0 Å². The number of amides is 1. The Morgan fingerprint density at radius 2 is 1.83 bits per heavy atom. The molecule has 0 aliphatic heterocycles. The van der Waals surface area contributed by atoms with Gasteiger partial charge in [0.05, 0.1) is 22.2 Å². The smallest absolute Gasteiger partial charge is 0.261 e. The molecule has 1 N–H and O–H groups in total. The van der Waals surface area contributed by atoms with Crippen molar-refractivity contribution in [2.24, 2.45) is 0 Å². The Kier molecular flexibility index (Phi) is 7.31. The van der Waals surface area contributed by atoms with Crippen LogP contribution < -0.4 is 4.72 Å². The maximum Gasteiger partial charge on any atom is 0.261 e. The van der Waals surface area contributed by atoms with Crippen LogP contribution in [0, 0.1) is 0 Å². The molecule has 2 aromatic carbocycles. The molecule has 0 spiro atoms. The van der Waals surface area contributed by atoms with Crippen molar-refractivity contribution >= 4 is 50.6 Å². The van der Waals surface area contributed by atoms with Crippen LogP contribution in [0.2, 0.25) is 5.02 Å². The van der Waals surface area contributed by atoms with Crippen molar-refractivity contribution in [3.05, 3.63) is 87.6 Å². The molecular weight excluding hydrogens is 440 g/mol. The van der Waals surface area contributed by atoms with E-state index in [0.29, 0.717) is 23.8 Å². The van der Waals surface area contributed by atoms with Gasteiger partial charge in [-0.2, -0.15) is 0 Å². The number of benzene rings is 2. The average Bonchev–Trinajstić information content (AvgIpc) is 3.25. The van der Waals surface area contributed by atoms with E-state index in [1.54, 1.807) is 58.7 Å². The second kappa shape index (κ2) is 9.93. The lowest BCUT2D eigenvalue weighted by Gasteiger charge is -2.18. The molecule has 0 fully saturated rings. The highest BCUT2D eigenvalue weighted by atomic mass is 35.5. The van der Waals surface area contributed by atoms with Gasteiger partial charge >= 0.3 is 0 Å². The maximum atomic E-state index is 12.6. The molecule has 5 nitrogen and oxygen atoms in total. The van der Waals surface area contributed by atoms with E-state index in [4.69, 9.17) is 11.6 Å². The Labute approximate surface area is 185 Å². The Hall–Kier alpha value is -2.61. The Balaban J connectivity index is 1.67. The van der Waals surface area contributed by atoms with Crippen molar-refractivity contribution in [2.45, 2.75) is 18.4 Å². The molecule has 3 rings (SSSR count). The molecule has 0 saturated heterocycles. The fraction of sp³-hybridized carbons (Fsp3) is 0.136. The topological polar surface area (TPSA) is 66.5 Å². The number of halogens is 1. The number of likely N-dealkylation sites (N-methyl/N-ethyl adjacent to an activating group) is 1. The summed E-state index contributed by atoms with van der Waals surface area (Å²) >= 11 is 7.64. The van der Waals surface area contributed by atoms with Gasteiger partial charge in [-0.1, -0.05) is 41.9 Å². The fourth-order valence-electron chi connectivity index (χ4n) is 2.71. The first-order valence-corrected chi connectivity index (χ1v) is 12.0. The molecular formula is C22H21ClN2O3S2. The number of para-hydroxylation sites is 1. The number of sulfonamides is 1. The number of rotatable bonds is 8. The van der Waals surface area contributed by atoms with Gasteiger partial charge in [0.25, 0.3) is 10.0 Å². The van der Waals surface area contributed by atoms with Crippen LogP contribution in [0.5, 0.6) is 0 Å². The van der Waals surface area contributed by atoms with E-state index < -0.39 is 10.0 Å². The third kappa shape index (κ3) is 5.72. The molecule has 1 heterocycles. The minimum atomic E-state index is -3.76. The normalized spacial score (nSPS) is 11.5. The van der Waals surface area contributed by atoms with Gasteiger partial charge in [-0.3, -0.25) is 9.52 Å². The van der Waals surface area contributed by atoms with E-state index in [1.165, 1.54) is 18.2 Å². The molecule has 0 unspecified atom stereocenters. The standard InChI is InChI=1S/C22H21ClN2O3S2/c1-2-25(16-18-6-5-15-29-18)22(26)14-11-17-9-12-19(13-10-17)30(27,28)24-21-8-4-3-7-20(21)23/h3-15,24H,2,16H2,1H3/b14-11+. The molecule has 0 saturated carbocycles. The molecule has 156 valence electrons. The van der Waals surface area contributed by atoms with E-state index in [9.17, 15) is 13.2 Å². The van der Waals surface area contributed by atoms with Crippen molar-refractivity contribution in [1.82, 2.24) is 4.90 Å². The largest absolute Gasteiger partial charge is 0.334 e. The first-order chi connectivity index (χ1) is 14.4. The van der Waals surface area contributed by atoms with Crippen LogP contribution in [0.3, 0.4) is 0 Å². The summed E-state index contributed by atoms with van der Waals surface area (Å²) < 4.78 is 27.6. The molecule has 3 aromatic rings. The van der Waals surface area contributed by atoms with Gasteiger partial charge in [-0.05, 0) is 54.3 Å². The third-order valence-electron chi connectivity index (χ3n) is 4.35. The summed E-state index contributed by atoms with van der Waals surface area (Å²) in [5, 5.41) is 2.31. The highest BCUT2D eigenvalue weighted by Gasteiger charge is 2.15. The van der Waals surface area contributed by atoms with Crippen LogP contribution in [-0.2, 0) is 21.4 Å². The van der Waals surface area contributed by atoms with Crippen LogP contribution in [0.15, 0.2) is 77.0 Å². The Morgan fingerprint density at radius 3 is 2.47 bits per heavy atom. The van der Waals surface area contributed by atoms with Crippen molar-refractivity contribution in [1.29, 1.82) is 0 Å². The van der Waals surface area contributed by atoms with Crippen LogP contribution in [-0.4, -0.2) is 25.8 Å². The third-order valence-corrected chi connectivity index (χ3v) is 6.92. The van der Waals surface area contributed by atoms with Gasteiger partial charge in [-0.25, -0.2) is 8.42 Å². The van der Waals surface area contributed by atoms with Gasteiger partial charge in [0.1, 0.15) is 0 Å². The molecule has 0 aliphatic rings. The summed E-state index contributed by atoms with van der Waals surface area (Å²) in [5.41, 5.74) is 1.05. The minimum absolute atomic E-state index is 0.0945. The first kappa shape index (κ1) is 22.1. The highest BCUT2D eigenvalue weighted by Crippen LogP contribution is 2.24. The van der Waals surface area contributed by atoms with Crippen LogP contribution in [0.4, 0.5) is 5.69 Å². The van der Waals surface area contributed by atoms with Gasteiger partial charge in [0.15, 0.2) is 0 Å². The zero-order chi connectivity index (χ0) is 21.6. The number of nitrogens with one attached hydrogen (secondary N) is 1. The zero-order valence-electron chi connectivity index (χ0n) is 16.3. The number of nitrogens with zero attached hydrogens (tertiary/aromatic N) is 1. The zero-order valence-corrected chi connectivity index (χ0v) is 18.7. The van der Waals surface area contributed by atoms with E-state index in [2.05, 4.69) is 4.72 Å². The number of hydrogen-bond donors (Lipinski definition) is 1. The predicted molar refractivity (Wildman–Crippen MR) is 123 cm³/mol. The Bertz CT molecular complexity index is 1130. The number of hydrogen-bond acceptors (Lipinski definition) is 4. The summed E-state index contributed by atoms with van der Waals surface area (Å²) in [6.45, 7) is 3.11. The number of carbonyl (C=O) groups excluding carboxylic acids is 1. The summed E-state index contributed by atoms with van der Waals surface area (Å²) in [6.07, 6.45) is 3.18. The number of thiophene rings is 1. The second-order valence-corrected chi connectivity index (χ2v) is 9.54. The van der Waals surface area contributed by atoms with E-state index in [1.807, 2.05) is 24.4 Å². The lowest BCUT2D eigenvalue weighted by atomic mass is 10.2. The number of anilines is 1. The molecule has 0 bridgehead atoms. The quantitative estimate of drug-likeness (QED) is 0.466. The molecule has 1 aromatic heterocycles. The Morgan fingerprint density at radius 1 is 1.10 bits per heavy atom. The molecule has 8 heteroatoms. The van der Waals surface area contributed by atoms with Gasteiger partial charge in [-0.15, -0.1) is 11.3 Å². The minimum Gasteiger partial charge on any atom is -0.334 e. The lowest BCUT2D eigenvalue weighted by Crippen LogP contribution is -2.28. The maximum absolute atomic E-state index is 12.6. The average molecular weight is 461 g/mol. The van der Waals surface area contributed by atoms with E-state index in [0.717, 1.165) is 10.4 Å². The molecule has 0 atom stereocenters. The van der Waals surface area contributed by atoms with E-state index in [-0.39, 0.29) is 10.8 Å². The van der Waals surface area contributed by atoms with Crippen molar-refractivity contribution in [2.75, 3.05) is 11.3 Å². The van der Waals surface area contributed by atoms with Crippen LogP contribution >= 0.6 is 22.9 Å². The second-order valence-electron chi connectivity index (χ2n) is 6.42. The molecule has 0 radical (unpaired) electrons. The summed E-state index contributed by atoms with van der Waals surface area (Å²) in [4.78, 5) is 15.4.